The molecule has 1 saturated heterocycles. The standard InChI is InChI=1S/C13H16N2O4/c1-18-13(17)10-3-2-6-15(10)12(16)9-7-11(19-14-9)8-4-5-8/h7-8,10H,2-6H2,1H3. The van der Waals surface area contributed by atoms with Gasteiger partial charge in [0, 0.05) is 18.5 Å². The molecule has 2 fully saturated rings. The normalized spacial score (nSPS) is 22.6. The van der Waals surface area contributed by atoms with Crippen molar-refractivity contribution in [3.8, 4) is 0 Å². The number of carbonyl (C=O) groups excluding carboxylic acids is 2. The van der Waals surface area contributed by atoms with E-state index in [4.69, 9.17) is 9.26 Å². The van der Waals surface area contributed by atoms with Crippen LogP contribution >= 0.6 is 0 Å². The summed E-state index contributed by atoms with van der Waals surface area (Å²) in [4.78, 5) is 25.5. The van der Waals surface area contributed by atoms with Crippen LogP contribution in [-0.2, 0) is 9.53 Å². The number of carbonyl (C=O) groups is 2. The third kappa shape index (κ3) is 2.22. The Bertz CT molecular complexity index is 506. The van der Waals surface area contributed by atoms with Crippen molar-refractivity contribution in [3.63, 3.8) is 0 Å². The van der Waals surface area contributed by atoms with Gasteiger partial charge in [-0.1, -0.05) is 5.16 Å². The Morgan fingerprint density at radius 1 is 1.42 bits per heavy atom. The van der Waals surface area contributed by atoms with Gasteiger partial charge in [0.1, 0.15) is 11.8 Å². The number of esters is 1. The van der Waals surface area contributed by atoms with Crippen molar-refractivity contribution >= 4 is 11.9 Å². The predicted octanol–water partition coefficient (Wildman–Crippen LogP) is 1.33. The van der Waals surface area contributed by atoms with E-state index < -0.39 is 6.04 Å². The zero-order valence-electron chi connectivity index (χ0n) is 10.8. The minimum Gasteiger partial charge on any atom is -0.467 e. The van der Waals surface area contributed by atoms with Crippen molar-refractivity contribution in [2.45, 2.75) is 37.6 Å². The van der Waals surface area contributed by atoms with E-state index in [2.05, 4.69) is 5.16 Å². The third-order valence-corrected chi connectivity index (χ3v) is 3.71. The molecule has 1 unspecified atom stereocenters. The van der Waals surface area contributed by atoms with Crippen LogP contribution in [0, 0.1) is 0 Å². The van der Waals surface area contributed by atoms with Gasteiger partial charge in [0.2, 0.25) is 0 Å². The van der Waals surface area contributed by atoms with Crippen LogP contribution in [0.2, 0.25) is 0 Å². The highest BCUT2D eigenvalue weighted by molar-refractivity contribution is 5.95. The van der Waals surface area contributed by atoms with E-state index in [0.717, 1.165) is 25.0 Å². The molecule has 3 rings (SSSR count). The van der Waals surface area contributed by atoms with E-state index in [0.29, 0.717) is 18.9 Å². The molecule has 6 nitrogen and oxygen atoms in total. The van der Waals surface area contributed by atoms with Crippen LogP contribution in [0.15, 0.2) is 10.6 Å². The number of ether oxygens (including phenoxy) is 1. The van der Waals surface area contributed by atoms with Gasteiger partial charge in [-0.25, -0.2) is 4.79 Å². The van der Waals surface area contributed by atoms with Gasteiger partial charge < -0.3 is 14.2 Å². The smallest absolute Gasteiger partial charge is 0.328 e. The molecule has 1 aromatic rings. The van der Waals surface area contributed by atoms with E-state index >= 15 is 0 Å². The molecule has 1 aromatic heterocycles. The van der Waals surface area contributed by atoms with Gasteiger partial charge in [-0.05, 0) is 25.7 Å². The molecule has 0 aromatic carbocycles. The Labute approximate surface area is 110 Å². The molecule has 0 bridgehead atoms. The Balaban J connectivity index is 1.76. The van der Waals surface area contributed by atoms with E-state index in [9.17, 15) is 9.59 Å². The summed E-state index contributed by atoms with van der Waals surface area (Å²) in [6, 6.07) is 1.21. The summed E-state index contributed by atoms with van der Waals surface area (Å²) in [5, 5.41) is 3.82. The zero-order valence-corrected chi connectivity index (χ0v) is 10.8. The summed E-state index contributed by atoms with van der Waals surface area (Å²) in [5.74, 6) is 0.585. The van der Waals surface area contributed by atoms with Crippen molar-refractivity contribution in [2.75, 3.05) is 13.7 Å². The van der Waals surface area contributed by atoms with Gasteiger partial charge in [0.05, 0.1) is 7.11 Å². The molecular weight excluding hydrogens is 248 g/mol. The average molecular weight is 264 g/mol. The highest BCUT2D eigenvalue weighted by atomic mass is 16.5. The quantitative estimate of drug-likeness (QED) is 0.770. The fourth-order valence-electron chi connectivity index (χ4n) is 2.49. The summed E-state index contributed by atoms with van der Waals surface area (Å²) < 4.78 is 9.90. The van der Waals surface area contributed by atoms with Gasteiger partial charge in [-0.2, -0.15) is 0 Å². The monoisotopic (exact) mass is 264 g/mol. The largest absolute Gasteiger partial charge is 0.467 e. The molecule has 1 atom stereocenters. The molecule has 1 aliphatic heterocycles. The molecular formula is C13H16N2O4. The van der Waals surface area contributed by atoms with Crippen LogP contribution in [0.1, 0.15) is 47.8 Å². The van der Waals surface area contributed by atoms with Gasteiger partial charge >= 0.3 is 5.97 Å². The molecule has 6 heteroatoms. The van der Waals surface area contributed by atoms with Crippen LogP contribution in [-0.4, -0.2) is 41.6 Å². The molecule has 1 amide bonds. The fraction of sp³-hybridized carbons (Fsp3) is 0.615. The van der Waals surface area contributed by atoms with Gasteiger partial charge in [0.25, 0.3) is 5.91 Å². The lowest BCUT2D eigenvalue weighted by Gasteiger charge is -2.21. The summed E-state index contributed by atoms with van der Waals surface area (Å²) in [6.45, 7) is 0.560. The highest BCUT2D eigenvalue weighted by Crippen LogP contribution is 2.40. The van der Waals surface area contributed by atoms with E-state index in [1.807, 2.05) is 0 Å². The molecule has 2 heterocycles. The Kier molecular flexibility index (Phi) is 3.00. The predicted molar refractivity (Wildman–Crippen MR) is 64.6 cm³/mol. The van der Waals surface area contributed by atoms with Crippen molar-refractivity contribution in [3.05, 3.63) is 17.5 Å². The Morgan fingerprint density at radius 3 is 2.89 bits per heavy atom. The first-order chi connectivity index (χ1) is 9.20. The summed E-state index contributed by atoms with van der Waals surface area (Å²) in [6.07, 6.45) is 3.64. The lowest BCUT2D eigenvalue weighted by atomic mass is 10.2. The zero-order chi connectivity index (χ0) is 13.4. The molecule has 1 saturated carbocycles. The second-order valence-electron chi connectivity index (χ2n) is 5.07. The number of methoxy groups -OCH3 is 1. The van der Waals surface area contributed by atoms with Crippen molar-refractivity contribution in [1.29, 1.82) is 0 Å². The summed E-state index contributed by atoms with van der Waals surface area (Å²) in [7, 11) is 1.34. The molecule has 19 heavy (non-hydrogen) atoms. The second kappa shape index (κ2) is 4.68. The molecule has 0 radical (unpaired) electrons. The first-order valence-corrected chi connectivity index (χ1v) is 6.56. The SMILES string of the molecule is COC(=O)C1CCCN1C(=O)c1cc(C2CC2)on1. The first-order valence-electron chi connectivity index (χ1n) is 6.56. The van der Waals surface area contributed by atoms with Crippen molar-refractivity contribution in [2.24, 2.45) is 0 Å². The Hall–Kier alpha value is -1.85. The summed E-state index contributed by atoms with van der Waals surface area (Å²) >= 11 is 0. The maximum Gasteiger partial charge on any atom is 0.328 e. The number of aromatic nitrogens is 1. The number of hydrogen-bond acceptors (Lipinski definition) is 5. The maximum absolute atomic E-state index is 12.3. The van der Waals surface area contributed by atoms with Crippen molar-refractivity contribution < 1.29 is 18.8 Å². The third-order valence-electron chi connectivity index (χ3n) is 3.71. The highest BCUT2D eigenvalue weighted by Gasteiger charge is 2.37. The van der Waals surface area contributed by atoms with Gasteiger partial charge in [-0.15, -0.1) is 0 Å². The van der Waals surface area contributed by atoms with Gasteiger partial charge in [0.15, 0.2) is 5.69 Å². The lowest BCUT2D eigenvalue weighted by Crippen LogP contribution is -2.41. The first kappa shape index (κ1) is 12.2. The van der Waals surface area contributed by atoms with Crippen LogP contribution in [0.4, 0.5) is 0 Å². The van der Waals surface area contributed by atoms with E-state index in [1.54, 1.807) is 6.07 Å². The minimum absolute atomic E-state index is 0.247. The molecule has 1 aliphatic carbocycles. The van der Waals surface area contributed by atoms with Crippen molar-refractivity contribution in [1.82, 2.24) is 10.1 Å². The topological polar surface area (TPSA) is 72.6 Å². The lowest BCUT2D eigenvalue weighted by molar-refractivity contribution is -0.145. The fourth-order valence-corrected chi connectivity index (χ4v) is 2.49. The summed E-state index contributed by atoms with van der Waals surface area (Å²) in [5.41, 5.74) is 0.290. The number of likely N-dealkylation sites (tertiary alicyclic amines) is 1. The minimum atomic E-state index is -0.487. The number of hydrogen-bond donors (Lipinski definition) is 0. The molecule has 0 N–H and O–H groups in total. The average Bonchev–Trinajstić information content (AvgIpc) is 2.97. The number of nitrogens with zero attached hydrogens (tertiary/aromatic N) is 2. The van der Waals surface area contributed by atoms with E-state index in [1.165, 1.54) is 12.0 Å². The number of rotatable bonds is 3. The maximum atomic E-state index is 12.3. The molecule has 102 valence electrons. The van der Waals surface area contributed by atoms with Crippen LogP contribution in [0.5, 0.6) is 0 Å². The second-order valence-corrected chi connectivity index (χ2v) is 5.07. The molecule has 0 spiro atoms. The Morgan fingerprint density at radius 2 is 2.21 bits per heavy atom. The molecule has 2 aliphatic rings. The van der Waals surface area contributed by atoms with Crippen LogP contribution in [0.25, 0.3) is 0 Å². The van der Waals surface area contributed by atoms with Crippen LogP contribution in [0.3, 0.4) is 0 Å². The van der Waals surface area contributed by atoms with Gasteiger partial charge in [-0.3, -0.25) is 4.79 Å². The number of amides is 1. The van der Waals surface area contributed by atoms with E-state index in [-0.39, 0.29) is 17.6 Å². The van der Waals surface area contributed by atoms with Crippen LogP contribution < -0.4 is 0 Å².